The molecule has 370 valence electrons. The maximum Gasteiger partial charge on any atom is 0.123 e. The summed E-state index contributed by atoms with van der Waals surface area (Å²) in [6.07, 6.45) is 22.7. The van der Waals surface area contributed by atoms with Gasteiger partial charge < -0.3 is 36.9 Å². The molecule has 8 heteroatoms. The van der Waals surface area contributed by atoms with Gasteiger partial charge in [-0.05, 0) is 72.2 Å². The van der Waals surface area contributed by atoms with Gasteiger partial charge in [0.15, 0.2) is 0 Å². The van der Waals surface area contributed by atoms with Crippen molar-refractivity contribution in [3.63, 3.8) is 0 Å². The number of ether oxygens (including phenoxy) is 4. The molecule has 0 aliphatic rings. The monoisotopic (exact) mass is 915 g/mol. The van der Waals surface area contributed by atoms with E-state index < -0.39 is 0 Å². The molecule has 3 aromatic carbocycles. The molecular formula is C58H98N4O4+4. The Bertz CT molecular complexity index is 1610. The highest BCUT2D eigenvalue weighted by Gasteiger charge is 2.17. The van der Waals surface area contributed by atoms with E-state index in [2.05, 4.69) is 169 Å². The number of nitrogens with zero attached hydrogens (tertiary/aromatic N) is 4. The molecule has 0 radical (unpaired) electrons. The Balaban J connectivity index is 1.72. The second kappa shape index (κ2) is 29.8. The number of quaternary nitrogens is 4. The highest BCUT2D eigenvalue weighted by Crippen LogP contribution is 2.27. The van der Waals surface area contributed by atoms with Crippen molar-refractivity contribution in [2.45, 2.75) is 105 Å². The number of unbranched alkanes of at least 4 members (excludes halogenated alkanes) is 4. The van der Waals surface area contributed by atoms with Crippen LogP contribution in [0, 0.1) is 0 Å². The molecule has 0 fully saturated rings. The summed E-state index contributed by atoms with van der Waals surface area (Å²) in [6.45, 7) is 21.1. The number of rotatable bonds is 36. The van der Waals surface area contributed by atoms with Crippen LogP contribution in [0.5, 0.6) is 23.0 Å². The van der Waals surface area contributed by atoms with Crippen molar-refractivity contribution >= 4 is 24.3 Å². The van der Waals surface area contributed by atoms with Gasteiger partial charge in [-0.25, -0.2) is 0 Å². The Kier molecular flexibility index (Phi) is 25.5. The van der Waals surface area contributed by atoms with E-state index in [1.54, 1.807) is 0 Å². The SMILES string of the molecule is CCCC[N+](C)(C)CCCOc1cc(/C=C/c2ccc(/C=C/c3cc(OCCC[N+](C)(C)CCCC)cc(OCCC[N+](C)(C)CCCC)c3)cc2)cc(OCCC[N+](C)(C)CCCC)c1. The molecule has 0 unspecified atom stereocenters. The molecule has 0 spiro atoms. The van der Waals surface area contributed by atoms with Crippen molar-refractivity contribution < 1.29 is 36.9 Å². The first-order valence-corrected chi connectivity index (χ1v) is 26.0. The molecule has 0 aliphatic heterocycles. The predicted octanol–water partition coefficient (Wildman–Crippen LogP) is 12.6. The van der Waals surface area contributed by atoms with Crippen LogP contribution in [-0.4, -0.2) is 153 Å². The predicted molar refractivity (Wildman–Crippen MR) is 285 cm³/mol. The maximum atomic E-state index is 6.38. The van der Waals surface area contributed by atoms with Crippen LogP contribution in [0.15, 0.2) is 60.7 Å². The summed E-state index contributed by atoms with van der Waals surface area (Å²) in [5, 5.41) is 0. The van der Waals surface area contributed by atoms with Gasteiger partial charge in [-0.2, -0.15) is 0 Å². The van der Waals surface area contributed by atoms with Gasteiger partial charge in [0.1, 0.15) is 23.0 Å². The molecule has 0 saturated carbocycles. The smallest absolute Gasteiger partial charge is 0.123 e. The first-order chi connectivity index (χ1) is 31.5. The lowest BCUT2D eigenvalue weighted by molar-refractivity contribution is -0.890. The fraction of sp³-hybridized carbons (Fsp3) is 0.621. The summed E-state index contributed by atoms with van der Waals surface area (Å²) in [4.78, 5) is 0. The van der Waals surface area contributed by atoms with E-state index in [4.69, 9.17) is 18.9 Å². The summed E-state index contributed by atoms with van der Waals surface area (Å²) in [5.74, 6) is 3.46. The molecule has 8 nitrogen and oxygen atoms in total. The van der Waals surface area contributed by atoms with Crippen LogP contribution in [-0.2, 0) is 0 Å². The lowest BCUT2D eigenvalue weighted by Crippen LogP contribution is -2.41. The van der Waals surface area contributed by atoms with Gasteiger partial charge >= 0.3 is 0 Å². The van der Waals surface area contributed by atoms with Gasteiger partial charge in [0.2, 0.25) is 0 Å². The van der Waals surface area contributed by atoms with Gasteiger partial charge in [-0.15, -0.1) is 0 Å². The third kappa shape index (κ3) is 24.8. The van der Waals surface area contributed by atoms with Gasteiger partial charge in [-0.3, -0.25) is 0 Å². The van der Waals surface area contributed by atoms with E-state index in [1.807, 2.05) is 0 Å². The minimum absolute atomic E-state index is 0.693. The Labute approximate surface area is 405 Å². The Morgan fingerprint density at radius 2 is 0.515 bits per heavy atom. The van der Waals surface area contributed by atoms with Crippen LogP contribution in [0.4, 0.5) is 0 Å². The van der Waals surface area contributed by atoms with Crippen LogP contribution in [0.3, 0.4) is 0 Å². The fourth-order valence-electron chi connectivity index (χ4n) is 8.34. The minimum Gasteiger partial charge on any atom is -0.493 e. The summed E-state index contributed by atoms with van der Waals surface area (Å²) in [6, 6.07) is 21.4. The van der Waals surface area contributed by atoms with Crippen molar-refractivity contribution in [3.05, 3.63) is 82.9 Å². The zero-order chi connectivity index (χ0) is 48.3. The maximum absolute atomic E-state index is 6.38. The molecule has 0 N–H and O–H groups in total. The molecule has 0 aliphatic carbocycles. The van der Waals surface area contributed by atoms with Crippen molar-refractivity contribution in [3.8, 4) is 23.0 Å². The van der Waals surface area contributed by atoms with Crippen LogP contribution >= 0.6 is 0 Å². The van der Waals surface area contributed by atoms with Gasteiger partial charge in [0.05, 0.1) is 135 Å². The standard InChI is InChI=1S/C58H98N4O4/c1-13-17-33-59(5,6)37-21-41-63-55-45-53(46-56(49-55)64-42-22-38-60(7,8)34-18-14-2)31-29-51-25-27-52(28-26-51)30-32-54-47-57(65-43-23-39-61(9,10)35-19-15-3)50-58(48-54)66-44-24-40-62(11,12)36-20-16-4/h25-32,45-50H,13-24,33-44H2,1-12H3/q+4/b31-29+,32-30+. The summed E-state index contributed by atoms with van der Waals surface area (Å²) < 4.78 is 29.7. The quantitative estimate of drug-likeness (QED) is 0.0331. The first kappa shape index (κ1) is 56.5. The van der Waals surface area contributed by atoms with E-state index in [-0.39, 0.29) is 0 Å². The second-order valence-corrected chi connectivity index (χ2v) is 21.6. The number of hydrogen-bond donors (Lipinski definition) is 0. The van der Waals surface area contributed by atoms with Crippen LogP contribution < -0.4 is 18.9 Å². The minimum atomic E-state index is 0.693. The third-order valence-corrected chi connectivity index (χ3v) is 12.9. The largest absolute Gasteiger partial charge is 0.493 e. The molecule has 3 aromatic rings. The lowest BCUT2D eigenvalue weighted by Gasteiger charge is -2.29. The van der Waals surface area contributed by atoms with Crippen LogP contribution in [0.2, 0.25) is 0 Å². The topological polar surface area (TPSA) is 36.9 Å². The highest BCUT2D eigenvalue weighted by molar-refractivity contribution is 5.74. The number of benzene rings is 3. The molecule has 0 aromatic heterocycles. The summed E-state index contributed by atoms with van der Waals surface area (Å²) in [5.41, 5.74) is 4.42. The average molecular weight is 915 g/mol. The van der Waals surface area contributed by atoms with Gasteiger partial charge in [0, 0.05) is 37.8 Å². The third-order valence-electron chi connectivity index (χ3n) is 12.9. The van der Waals surface area contributed by atoms with Crippen LogP contribution in [0.25, 0.3) is 24.3 Å². The Morgan fingerprint density at radius 1 is 0.303 bits per heavy atom. The molecule has 0 bridgehead atoms. The van der Waals surface area contributed by atoms with Crippen molar-refractivity contribution in [2.24, 2.45) is 0 Å². The first-order valence-electron chi connectivity index (χ1n) is 26.0. The highest BCUT2D eigenvalue weighted by atomic mass is 16.5. The van der Waals surface area contributed by atoms with E-state index in [1.165, 1.54) is 77.5 Å². The summed E-state index contributed by atoms with van der Waals surface area (Å²) >= 11 is 0. The second-order valence-electron chi connectivity index (χ2n) is 21.6. The Hall–Kier alpha value is -3.82. The molecule has 0 saturated heterocycles. The zero-order valence-corrected chi connectivity index (χ0v) is 44.5. The van der Waals surface area contributed by atoms with E-state index in [0.29, 0.717) is 26.4 Å². The normalized spacial score (nSPS) is 12.7. The lowest BCUT2D eigenvalue weighted by atomic mass is 10.1. The summed E-state index contributed by atoms with van der Waals surface area (Å²) in [7, 11) is 18.6. The zero-order valence-electron chi connectivity index (χ0n) is 44.5. The van der Waals surface area contributed by atoms with Gasteiger partial charge in [-0.1, -0.05) is 102 Å². The van der Waals surface area contributed by atoms with E-state index in [9.17, 15) is 0 Å². The molecule has 0 amide bonds. The van der Waals surface area contributed by atoms with Crippen molar-refractivity contribution in [1.82, 2.24) is 0 Å². The molecule has 0 atom stereocenters. The number of hydrogen-bond acceptors (Lipinski definition) is 4. The molecule has 3 rings (SSSR count). The molecular weight excluding hydrogens is 817 g/mol. The Morgan fingerprint density at radius 3 is 0.742 bits per heavy atom. The average Bonchev–Trinajstić information content (AvgIpc) is 3.28. The van der Waals surface area contributed by atoms with Gasteiger partial charge in [0.25, 0.3) is 0 Å². The molecule has 0 heterocycles. The van der Waals surface area contributed by atoms with Crippen molar-refractivity contribution in [1.29, 1.82) is 0 Å². The van der Waals surface area contributed by atoms with E-state index in [0.717, 1.165) is 115 Å². The van der Waals surface area contributed by atoms with E-state index >= 15 is 0 Å². The van der Waals surface area contributed by atoms with Crippen molar-refractivity contribution in [2.75, 3.05) is 135 Å². The van der Waals surface area contributed by atoms with Crippen LogP contribution in [0.1, 0.15) is 127 Å². The fourth-order valence-corrected chi connectivity index (χ4v) is 8.34. The molecule has 66 heavy (non-hydrogen) atoms.